The molecule has 4 aromatic rings. The Morgan fingerprint density at radius 2 is 1.97 bits per heavy atom. The van der Waals surface area contributed by atoms with Crippen molar-refractivity contribution in [1.82, 2.24) is 14.5 Å². The van der Waals surface area contributed by atoms with Crippen LogP contribution in [0.15, 0.2) is 60.0 Å². The minimum absolute atomic E-state index is 0.182. The van der Waals surface area contributed by atoms with Gasteiger partial charge in [-0.2, -0.15) is 0 Å². The first-order valence-corrected chi connectivity index (χ1v) is 11.1. The smallest absolute Gasteiger partial charge is 0.265 e. The first kappa shape index (κ1) is 21.1. The number of carbonyl (C=O) groups is 2. The molecule has 6 nitrogen and oxygen atoms in total. The molecule has 0 unspecified atom stereocenters. The van der Waals surface area contributed by atoms with Crippen molar-refractivity contribution >= 4 is 51.5 Å². The number of amides is 2. The van der Waals surface area contributed by atoms with Gasteiger partial charge in [0, 0.05) is 19.2 Å². The summed E-state index contributed by atoms with van der Waals surface area (Å²) in [5.74, 6) is 0.379. The highest BCUT2D eigenvalue weighted by molar-refractivity contribution is 7.12. The molecule has 0 aliphatic carbocycles. The lowest BCUT2D eigenvalue weighted by Crippen LogP contribution is -2.28. The summed E-state index contributed by atoms with van der Waals surface area (Å²) in [4.78, 5) is 32.3. The summed E-state index contributed by atoms with van der Waals surface area (Å²) in [6, 6.07) is 16.3. The van der Waals surface area contributed by atoms with Crippen LogP contribution in [0.3, 0.4) is 0 Å². The number of para-hydroxylation sites is 2. The summed E-state index contributed by atoms with van der Waals surface area (Å²) in [7, 11) is 1.74. The molecule has 31 heavy (non-hydrogen) atoms. The van der Waals surface area contributed by atoms with Gasteiger partial charge in [0.05, 0.1) is 33.2 Å². The third kappa shape index (κ3) is 4.33. The van der Waals surface area contributed by atoms with Crippen molar-refractivity contribution < 1.29 is 9.59 Å². The molecule has 0 radical (unpaired) electrons. The second-order valence-electron chi connectivity index (χ2n) is 7.05. The summed E-state index contributed by atoms with van der Waals surface area (Å²) >= 11 is 7.59. The zero-order valence-electron chi connectivity index (χ0n) is 17.1. The second kappa shape index (κ2) is 8.91. The van der Waals surface area contributed by atoms with Crippen molar-refractivity contribution in [3.05, 3.63) is 81.3 Å². The summed E-state index contributed by atoms with van der Waals surface area (Å²) in [5.41, 5.74) is 2.80. The number of aryl methyl sites for hydroxylation is 1. The number of hydrogen-bond donors (Lipinski definition) is 1. The zero-order chi connectivity index (χ0) is 22.0. The Kier molecular flexibility index (Phi) is 6.06. The summed E-state index contributed by atoms with van der Waals surface area (Å²) in [6.45, 7) is 3.18. The first-order chi connectivity index (χ1) is 15.0. The number of halogens is 1. The van der Waals surface area contributed by atoms with E-state index in [1.54, 1.807) is 42.3 Å². The third-order valence-corrected chi connectivity index (χ3v) is 6.18. The van der Waals surface area contributed by atoms with Crippen LogP contribution < -0.4 is 5.32 Å². The second-order valence-corrected chi connectivity index (χ2v) is 8.40. The lowest BCUT2D eigenvalue weighted by molar-refractivity contribution is 0.0780. The van der Waals surface area contributed by atoms with Gasteiger partial charge in [0.2, 0.25) is 0 Å². The molecular formula is C23H21ClN4O2S. The largest absolute Gasteiger partial charge is 0.334 e. The third-order valence-electron chi connectivity index (χ3n) is 4.98. The van der Waals surface area contributed by atoms with E-state index in [0.29, 0.717) is 27.7 Å². The predicted octanol–water partition coefficient (Wildman–Crippen LogP) is 5.30. The molecule has 0 spiro atoms. The molecule has 0 bridgehead atoms. The molecule has 0 aliphatic heterocycles. The van der Waals surface area contributed by atoms with E-state index in [1.807, 2.05) is 29.6 Å². The number of fused-ring (bicyclic) bond motifs is 1. The number of anilines is 1. The lowest BCUT2D eigenvalue weighted by Gasteiger charge is -2.18. The molecule has 8 heteroatoms. The number of hydrogen-bond acceptors (Lipinski definition) is 4. The number of aromatic nitrogens is 2. The standard InChI is InChI=1S/C23H21ClN4O2S/c1-3-28-19-8-5-4-7-17(19)25-21(28)14-27(2)23(30)15-10-11-16(24)18(13-15)26-22(29)20-9-6-12-31-20/h4-13H,3,14H2,1-2H3,(H,26,29). The number of imidazole rings is 1. The van der Waals surface area contributed by atoms with Crippen molar-refractivity contribution in [2.45, 2.75) is 20.0 Å². The number of rotatable bonds is 6. The fourth-order valence-corrected chi connectivity index (χ4v) is 4.23. The van der Waals surface area contributed by atoms with Crippen molar-refractivity contribution in [3.63, 3.8) is 0 Å². The van der Waals surface area contributed by atoms with E-state index in [4.69, 9.17) is 16.6 Å². The molecule has 158 valence electrons. The molecule has 0 saturated carbocycles. The Morgan fingerprint density at radius 3 is 2.71 bits per heavy atom. The van der Waals surface area contributed by atoms with Crippen LogP contribution in [0.2, 0.25) is 5.02 Å². The average molecular weight is 453 g/mol. The van der Waals surface area contributed by atoms with Gasteiger partial charge in [0.1, 0.15) is 5.82 Å². The van der Waals surface area contributed by atoms with Crippen LogP contribution in [-0.2, 0) is 13.1 Å². The maximum absolute atomic E-state index is 13.1. The fraction of sp³-hybridized carbons (Fsp3) is 0.174. The van der Waals surface area contributed by atoms with Crippen LogP contribution in [0.5, 0.6) is 0 Å². The highest BCUT2D eigenvalue weighted by Gasteiger charge is 2.18. The van der Waals surface area contributed by atoms with Gasteiger partial charge in [0.25, 0.3) is 11.8 Å². The number of nitrogens with one attached hydrogen (secondary N) is 1. The fourth-order valence-electron chi connectivity index (χ4n) is 3.45. The van der Waals surface area contributed by atoms with E-state index in [-0.39, 0.29) is 11.8 Å². The van der Waals surface area contributed by atoms with Gasteiger partial charge < -0.3 is 14.8 Å². The van der Waals surface area contributed by atoms with Gasteiger partial charge in [-0.3, -0.25) is 9.59 Å². The predicted molar refractivity (Wildman–Crippen MR) is 125 cm³/mol. The number of carbonyl (C=O) groups excluding carboxylic acids is 2. The van der Waals surface area contributed by atoms with E-state index in [1.165, 1.54) is 11.3 Å². The SMILES string of the molecule is CCn1c(CN(C)C(=O)c2ccc(Cl)c(NC(=O)c3cccs3)c2)nc2ccccc21. The van der Waals surface area contributed by atoms with E-state index < -0.39 is 0 Å². The highest BCUT2D eigenvalue weighted by Crippen LogP contribution is 2.25. The van der Waals surface area contributed by atoms with Crippen LogP contribution in [0.4, 0.5) is 5.69 Å². The number of nitrogens with zero attached hydrogens (tertiary/aromatic N) is 3. The molecule has 0 fully saturated rings. The highest BCUT2D eigenvalue weighted by atomic mass is 35.5. The van der Waals surface area contributed by atoms with Gasteiger partial charge in [0.15, 0.2) is 0 Å². The lowest BCUT2D eigenvalue weighted by atomic mass is 10.1. The average Bonchev–Trinajstić information content (AvgIpc) is 3.42. The Balaban J connectivity index is 1.55. The molecule has 0 atom stereocenters. The van der Waals surface area contributed by atoms with E-state index in [2.05, 4.69) is 16.8 Å². The summed E-state index contributed by atoms with van der Waals surface area (Å²) in [6.07, 6.45) is 0. The Hall–Kier alpha value is -3.16. The van der Waals surface area contributed by atoms with Crippen LogP contribution >= 0.6 is 22.9 Å². The number of benzene rings is 2. The Bertz CT molecular complexity index is 1250. The maximum atomic E-state index is 13.1. The minimum atomic E-state index is -0.258. The molecule has 1 N–H and O–H groups in total. The van der Waals surface area contributed by atoms with Gasteiger partial charge >= 0.3 is 0 Å². The van der Waals surface area contributed by atoms with Crippen LogP contribution in [0, 0.1) is 0 Å². The monoisotopic (exact) mass is 452 g/mol. The van der Waals surface area contributed by atoms with Crippen molar-refractivity contribution in [2.24, 2.45) is 0 Å². The molecule has 2 aromatic carbocycles. The van der Waals surface area contributed by atoms with Crippen LogP contribution in [0.25, 0.3) is 11.0 Å². The van der Waals surface area contributed by atoms with Crippen molar-refractivity contribution in [1.29, 1.82) is 0 Å². The Morgan fingerprint density at radius 1 is 1.16 bits per heavy atom. The normalized spacial score (nSPS) is 10.9. The van der Waals surface area contributed by atoms with Crippen molar-refractivity contribution in [2.75, 3.05) is 12.4 Å². The van der Waals surface area contributed by atoms with Crippen molar-refractivity contribution in [3.8, 4) is 0 Å². The van der Waals surface area contributed by atoms with Crippen LogP contribution in [0.1, 0.15) is 32.8 Å². The number of thiophene rings is 1. The quantitative estimate of drug-likeness (QED) is 0.432. The molecule has 2 amide bonds. The molecule has 2 heterocycles. The molecule has 4 rings (SSSR count). The van der Waals surface area contributed by atoms with Crippen LogP contribution in [-0.4, -0.2) is 33.3 Å². The van der Waals surface area contributed by atoms with Gasteiger partial charge in [-0.1, -0.05) is 29.8 Å². The van der Waals surface area contributed by atoms with E-state index in [0.717, 1.165) is 23.4 Å². The van der Waals surface area contributed by atoms with Gasteiger partial charge in [-0.25, -0.2) is 4.98 Å². The molecule has 0 saturated heterocycles. The molecule has 0 aliphatic rings. The van der Waals surface area contributed by atoms with E-state index in [9.17, 15) is 9.59 Å². The minimum Gasteiger partial charge on any atom is -0.334 e. The van der Waals surface area contributed by atoms with Gasteiger partial charge in [-0.05, 0) is 48.7 Å². The zero-order valence-corrected chi connectivity index (χ0v) is 18.7. The van der Waals surface area contributed by atoms with Gasteiger partial charge in [-0.15, -0.1) is 11.3 Å². The topological polar surface area (TPSA) is 67.2 Å². The summed E-state index contributed by atoms with van der Waals surface area (Å²) in [5, 5.41) is 4.99. The maximum Gasteiger partial charge on any atom is 0.265 e. The first-order valence-electron chi connectivity index (χ1n) is 9.82. The van der Waals surface area contributed by atoms with E-state index >= 15 is 0 Å². The summed E-state index contributed by atoms with van der Waals surface area (Å²) < 4.78 is 2.10. The molecule has 2 aromatic heterocycles. The Labute approximate surface area is 189 Å². The molecular weight excluding hydrogens is 432 g/mol.